The van der Waals surface area contributed by atoms with Crippen molar-refractivity contribution in [3.05, 3.63) is 29.8 Å². The molecule has 0 saturated carbocycles. The first-order valence-corrected chi connectivity index (χ1v) is 10.2. The molecule has 0 aromatic heterocycles. The summed E-state index contributed by atoms with van der Waals surface area (Å²) in [4.78, 5) is 13.1. The smallest absolute Gasteiger partial charge is 0.150 e. The van der Waals surface area contributed by atoms with Gasteiger partial charge in [0.25, 0.3) is 0 Å². The van der Waals surface area contributed by atoms with Crippen LogP contribution < -0.4 is 4.90 Å². The number of anilines is 1. The lowest BCUT2D eigenvalue weighted by atomic mass is 10.2. The molecule has 0 aliphatic carbocycles. The van der Waals surface area contributed by atoms with Crippen LogP contribution >= 0.6 is 0 Å². The lowest BCUT2D eigenvalue weighted by molar-refractivity contribution is -0.0152. The second kappa shape index (κ2) is 16.3. The van der Waals surface area contributed by atoms with Crippen molar-refractivity contribution >= 4 is 12.0 Å². The van der Waals surface area contributed by atoms with Gasteiger partial charge in [0, 0.05) is 24.3 Å². The van der Waals surface area contributed by atoms with E-state index in [4.69, 9.17) is 28.4 Å². The first-order chi connectivity index (χ1) is 14.4. The first-order valence-electron chi connectivity index (χ1n) is 10.2. The Morgan fingerprint density at radius 1 is 0.552 bits per heavy atom. The van der Waals surface area contributed by atoms with E-state index < -0.39 is 0 Å². The molecule has 1 fully saturated rings. The zero-order valence-corrected chi connectivity index (χ0v) is 17.1. The van der Waals surface area contributed by atoms with E-state index in [9.17, 15) is 4.79 Å². The van der Waals surface area contributed by atoms with E-state index in [0.29, 0.717) is 84.8 Å². The summed E-state index contributed by atoms with van der Waals surface area (Å²) in [6.45, 7) is 8.01. The summed E-state index contributed by atoms with van der Waals surface area (Å²) in [7, 11) is 0. The molecule has 2 rings (SSSR count). The molecular weight excluding hydrogens is 378 g/mol. The van der Waals surface area contributed by atoms with Crippen molar-refractivity contribution in [1.29, 1.82) is 0 Å². The molecule has 29 heavy (non-hydrogen) atoms. The summed E-state index contributed by atoms with van der Waals surface area (Å²) in [5.41, 5.74) is 1.69. The van der Waals surface area contributed by atoms with Gasteiger partial charge in [-0.25, -0.2) is 0 Å². The molecule has 0 atom stereocenters. The maximum absolute atomic E-state index is 10.9. The fraction of sp³-hybridized carbons (Fsp3) is 0.667. The lowest BCUT2D eigenvalue weighted by Crippen LogP contribution is -2.31. The van der Waals surface area contributed by atoms with E-state index in [1.54, 1.807) is 0 Å². The van der Waals surface area contributed by atoms with E-state index in [0.717, 1.165) is 25.1 Å². The molecule has 1 saturated heterocycles. The summed E-state index contributed by atoms with van der Waals surface area (Å²) in [5, 5.41) is 0. The van der Waals surface area contributed by atoms with Gasteiger partial charge in [0.15, 0.2) is 0 Å². The molecule has 0 unspecified atom stereocenters. The van der Waals surface area contributed by atoms with Crippen LogP contribution in [0, 0.1) is 0 Å². The Bertz CT molecular complexity index is 504. The van der Waals surface area contributed by atoms with Crippen molar-refractivity contribution in [2.75, 3.05) is 97.3 Å². The van der Waals surface area contributed by atoms with Crippen LogP contribution in [0.5, 0.6) is 0 Å². The van der Waals surface area contributed by atoms with Crippen LogP contribution in [0.2, 0.25) is 0 Å². The molecule has 1 aromatic rings. The first kappa shape index (κ1) is 23.7. The van der Waals surface area contributed by atoms with Gasteiger partial charge in [-0.1, -0.05) is 0 Å². The molecule has 0 spiro atoms. The summed E-state index contributed by atoms with van der Waals surface area (Å²) in [6.07, 6.45) is 0.845. The summed E-state index contributed by atoms with van der Waals surface area (Å²) >= 11 is 0. The SMILES string of the molecule is O=Cc1ccc(N2CCOCCOCCOCCOCCOCCOCC2)cc1. The molecule has 164 valence electrons. The predicted molar refractivity (Wildman–Crippen MR) is 109 cm³/mol. The largest absolute Gasteiger partial charge is 0.377 e. The minimum absolute atomic E-state index is 0.536. The van der Waals surface area contributed by atoms with Gasteiger partial charge in [-0.2, -0.15) is 0 Å². The molecule has 1 heterocycles. The minimum Gasteiger partial charge on any atom is -0.377 e. The fourth-order valence-corrected chi connectivity index (χ4v) is 2.68. The average Bonchev–Trinajstić information content (AvgIpc) is 2.76. The van der Waals surface area contributed by atoms with Crippen LogP contribution in [0.25, 0.3) is 0 Å². The van der Waals surface area contributed by atoms with Gasteiger partial charge in [-0.15, -0.1) is 0 Å². The van der Waals surface area contributed by atoms with Crippen molar-refractivity contribution in [2.24, 2.45) is 0 Å². The number of hydrogen-bond acceptors (Lipinski definition) is 8. The molecule has 1 aromatic carbocycles. The number of carbonyl (C=O) groups excluding carboxylic acids is 1. The standard InChI is InChI=1S/C21H33NO7/c23-19-20-1-3-21(4-2-20)22-5-7-24-9-11-26-13-15-28-17-18-29-16-14-27-12-10-25-8-6-22/h1-4,19H,5-18H2. The number of hydrogen-bond donors (Lipinski definition) is 0. The topological polar surface area (TPSA) is 75.7 Å². The quantitative estimate of drug-likeness (QED) is 0.677. The average molecular weight is 411 g/mol. The highest BCUT2D eigenvalue weighted by atomic mass is 16.6. The third kappa shape index (κ3) is 11.3. The van der Waals surface area contributed by atoms with Gasteiger partial charge in [-0.05, 0) is 24.3 Å². The summed E-state index contributed by atoms with van der Waals surface area (Å²) in [5.74, 6) is 0. The highest BCUT2D eigenvalue weighted by Crippen LogP contribution is 2.14. The Balaban J connectivity index is 1.79. The highest BCUT2D eigenvalue weighted by Gasteiger charge is 2.07. The Kier molecular flexibility index (Phi) is 13.3. The summed E-state index contributed by atoms with van der Waals surface area (Å²) in [6, 6.07) is 7.51. The molecule has 0 N–H and O–H groups in total. The monoisotopic (exact) mass is 411 g/mol. The third-order valence-corrected chi connectivity index (χ3v) is 4.27. The van der Waals surface area contributed by atoms with E-state index in [1.807, 2.05) is 24.3 Å². The molecular formula is C21H33NO7. The van der Waals surface area contributed by atoms with Gasteiger partial charge < -0.3 is 33.3 Å². The second-order valence-corrected chi connectivity index (χ2v) is 6.37. The minimum atomic E-state index is 0.536. The zero-order chi connectivity index (χ0) is 20.4. The number of carbonyl (C=O) groups is 1. The zero-order valence-electron chi connectivity index (χ0n) is 17.1. The van der Waals surface area contributed by atoms with Crippen LogP contribution in [0.3, 0.4) is 0 Å². The van der Waals surface area contributed by atoms with E-state index in [1.165, 1.54) is 0 Å². The van der Waals surface area contributed by atoms with Crippen LogP contribution in [0.15, 0.2) is 24.3 Å². The van der Waals surface area contributed by atoms with Crippen molar-refractivity contribution in [3.8, 4) is 0 Å². The number of aldehydes is 1. The summed E-state index contributed by atoms with van der Waals surface area (Å²) < 4.78 is 33.2. The number of benzene rings is 1. The maximum atomic E-state index is 10.9. The molecule has 1 aliphatic heterocycles. The van der Waals surface area contributed by atoms with Crippen molar-refractivity contribution in [3.63, 3.8) is 0 Å². The van der Waals surface area contributed by atoms with Crippen LogP contribution in [0.1, 0.15) is 10.4 Å². The van der Waals surface area contributed by atoms with Crippen molar-refractivity contribution < 1.29 is 33.2 Å². The molecule has 8 nitrogen and oxygen atoms in total. The molecule has 0 amide bonds. The number of rotatable bonds is 2. The van der Waals surface area contributed by atoms with Gasteiger partial charge >= 0.3 is 0 Å². The lowest BCUT2D eigenvalue weighted by Gasteiger charge is -2.25. The Morgan fingerprint density at radius 2 is 0.897 bits per heavy atom. The Morgan fingerprint density at radius 3 is 1.24 bits per heavy atom. The van der Waals surface area contributed by atoms with E-state index in [-0.39, 0.29) is 0 Å². The maximum Gasteiger partial charge on any atom is 0.150 e. The predicted octanol–water partition coefficient (Wildman–Crippen LogP) is 1.42. The van der Waals surface area contributed by atoms with Crippen LogP contribution in [0.4, 0.5) is 5.69 Å². The van der Waals surface area contributed by atoms with Crippen molar-refractivity contribution in [1.82, 2.24) is 0 Å². The number of ether oxygens (including phenoxy) is 6. The van der Waals surface area contributed by atoms with Gasteiger partial charge in [-0.3, -0.25) is 4.79 Å². The van der Waals surface area contributed by atoms with Gasteiger partial charge in [0.05, 0.1) is 79.3 Å². The van der Waals surface area contributed by atoms with Gasteiger partial charge in [0.1, 0.15) is 6.29 Å². The third-order valence-electron chi connectivity index (χ3n) is 4.27. The van der Waals surface area contributed by atoms with E-state index >= 15 is 0 Å². The molecule has 8 heteroatoms. The Labute approximate surface area is 173 Å². The fourth-order valence-electron chi connectivity index (χ4n) is 2.68. The van der Waals surface area contributed by atoms with Crippen molar-refractivity contribution in [2.45, 2.75) is 0 Å². The van der Waals surface area contributed by atoms with Gasteiger partial charge in [0.2, 0.25) is 0 Å². The van der Waals surface area contributed by atoms with Crippen LogP contribution in [-0.2, 0) is 28.4 Å². The second-order valence-electron chi connectivity index (χ2n) is 6.37. The molecule has 0 bridgehead atoms. The molecule has 0 radical (unpaired) electrons. The normalized spacial score (nSPS) is 20.5. The van der Waals surface area contributed by atoms with Crippen LogP contribution in [-0.4, -0.2) is 98.7 Å². The van der Waals surface area contributed by atoms with E-state index in [2.05, 4.69) is 4.90 Å². The Hall–Kier alpha value is -1.55. The highest BCUT2D eigenvalue weighted by molar-refractivity contribution is 5.75. The number of nitrogens with zero attached hydrogens (tertiary/aromatic N) is 1. The molecule has 1 aliphatic rings.